The van der Waals surface area contributed by atoms with Crippen molar-refractivity contribution in [3.8, 4) is 0 Å². The SMILES string of the molecule is CCC(C)NC(=O)CCNCc1cccc2cccnc12. The molecule has 0 spiro atoms. The zero-order valence-corrected chi connectivity index (χ0v) is 12.7. The van der Waals surface area contributed by atoms with Crippen LogP contribution in [0.25, 0.3) is 10.9 Å². The van der Waals surface area contributed by atoms with E-state index in [-0.39, 0.29) is 11.9 Å². The minimum atomic E-state index is 0.105. The van der Waals surface area contributed by atoms with Gasteiger partial charge in [0.1, 0.15) is 0 Å². The van der Waals surface area contributed by atoms with E-state index in [2.05, 4.69) is 40.7 Å². The molecular formula is C17H23N3O. The number of aromatic nitrogens is 1. The maximum atomic E-state index is 11.7. The minimum Gasteiger partial charge on any atom is -0.354 e. The summed E-state index contributed by atoms with van der Waals surface area (Å²) in [5.41, 5.74) is 2.19. The number of benzene rings is 1. The van der Waals surface area contributed by atoms with Gasteiger partial charge in [-0.1, -0.05) is 31.2 Å². The van der Waals surface area contributed by atoms with Gasteiger partial charge in [0, 0.05) is 37.1 Å². The highest BCUT2D eigenvalue weighted by molar-refractivity contribution is 5.81. The van der Waals surface area contributed by atoms with E-state index in [1.54, 1.807) is 0 Å². The van der Waals surface area contributed by atoms with E-state index in [0.717, 1.165) is 29.4 Å². The molecular weight excluding hydrogens is 262 g/mol. The summed E-state index contributed by atoms with van der Waals surface area (Å²) in [6.07, 6.45) is 3.27. The van der Waals surface area contributed by atoms with E-state index < -0.39 is 0 Å². The molecule has 2 aromatic rings. The Balaban J connectivity index is 1.82. The molecule has 1 aromatic carbocycles. The summed E-state index contributed by atoms with van der Waals surface area (Å²) in [5, 5.41) is 7.43. The van der Waals surface area contributed by atoms with Crippen LogP contribution in [-0.2, 0) is 11.3 Å². The van der Waals surface area contributed by atoms with Gasteiger partial charge in [0.2, 0.25) is 5.91 Å². The number of rotatable bonds is 7. The molecule has 1 heterocycles. The summed E-state index contributed by atoms with van der Waals surface area (Å²) in [4.78, 5) is 16.1. The van der Waals surface area contributed by atoms with Gasteiger partial charge in [-0.3, -0.25) is 9.78 Å². The third kappa shape index (κ3) is 4.53. The van der Waals surface area contributed by atoms with Crippen molar-refractivity contribution in [2.24, 2.45) is 0 Å². The summed E-state index contributed by atoms with van der Waals surface area (Å²) in [5.74, 6) is 0.105. The van der Waals surface area contributed by atoms with Crippen molar-refractivity contribution in [1.82, 2.24) is 15.6 Å². The van der Waals surface area contributed by atoms with Crippen LogP contribution in [0.4, 0.5) is 0 Å². The van der Waals surface area contributed by atoms with E-state index in [1.165, 1.54) is 0 Å². The normalized spacial score (nSPS) is 12.3. The molecule has 4 heteroatoms. The molecule has 1 atom stereocenters. The maximum absolute atomic E-state index is 11.7. The highest BCUT2D eigenvalue weighted by Crippen LogP contribution is 2.15. The lowest BCUT2D eigenvalue weighted by atomic mass is 10.1. The lowest BCUT2D eigenvalue weighted by Crippen LogP contribution is -2.33. The molecule has 21 heavy (non-hydrogen) atoms. The summed E-state index contributed by atoms with van der Waals surface area (Å²) in [6.45, 7) is 5.49. The van der Waals surface area contributed by atoms with E-state index in [0.29, 0.717) is 13.0 Å². The van der Waals surface area contributed by atoms with Crippen LogP contribution in [-0.4, -0.2) is 23.5 Å². The van der Waals surface area contributed by atoms with E-state index >= 15 is 0 Å². The number of carbonyl (C=O) groups excluding carboxylic acids is 1. The van der Waals surface area contributed by atoms with Crippen LogP contribution in [0.5, 0.6) is 0 Å². The van der Waals surface area contributed by atoms with Crippen LogP contribution in [0.2, 0.25) is 0 Å². The van der Waals surface area contributed by atoms with Crippen LogP contribution in [0.15, 0.2) is 36.5 Å². The number of para-hydroxylation sites is 1. The molecule has 0 saturated carbocycles. The third-order valence-electron chi connectivity index (χ3n) is 3.58. The lowest BCUT2D eigenvalue weighted by Gasteiger charge is -2.11. The summed E-state index contributed by atoms with van der Waals surface area (Å²) in [7, 11) is 0. The van der Waals surface area contributed by atoms with E-state index in [4.69, 9.17) is 0 Å². The van der Waals surface area contributed by atoms with Gasteiger partial charge in [0.25, 0.3) is 0 Å². The molecule has 0 bridgehead atoms. The van der Waals surface area contributed by atoms with Gasteiger partial charge in [0.15, 0.2) is 0 Å². The average Bonchev–Trinajstić information content (AvgIpc) is 2.51. The van der Waals surface area contributed by atoms with Gasteiger partial charge >= 0.3 is 0 Å². The Labute approximate surface area is 126 Å². The molecule has 0 aliphatic carbocycles. The first-order valence-corrected chi connectivity index (χ1v) is 7.53. The molecule has 0 fully saturated rings. The minimum absolute atomic E-state index is 0.105. The zero-order valence-electron chi connectivity index (χ0n) is 12.7. The Morgan fingerprint density at radius 3 is 2.90 bits per heavy atom. The number of amides is 1. The molecule has 2 N–H and O–H groups in total. The zero-order chi connectivity index (χ0) is 15.1. The quantitative estimate of drug-likeness (QED) is 0.769. The van der Waals surface area contributed by atoms with Gasteiger partial charge in [-0.15, -0.1) is 0 Å². The van der Waals surface area contributed by atoms with E-state index in [1.807, 2.05) is 25.3 Å². The van der Waals surface area contributed by atoms with Crippen LogP contribution < -0.4 is 10.6 Å². The van der Waals surface area contributed by atoms with Crippen LogP contribution in [0.1, 0.15) is 32.3 Å². The first-order valence-electron chi connectivity index (χ1n) is 7.53. The summed E-state index contributed by atoms with van der Waals surface area (Å²) >= 11 is 0. The fourth-order valence-corrected chi connectivity index (χ4v) is 2.18. The summed E-state index contributed by atoms with van der Waals surface area (Å²) in [6, 6.07) is 10.4. The number of carbonyl (C=O) groups is 1. The van der Waals surface area contributed by atoms with Crippen molar-refractivity contribution < 1.29 is 4.79 Å². The van der Waals surface area contributed by atoms with Crippen molar-refractivity contribution in [3.05, 3.63) is 42.1 Å². The molecule has 1 aromatic heterocycles. The predicted octanol–water partition coefficient (Wildman–Crippen LogP) is 2.63. The second kappa shape index (κ2) is 7.74. The molecule has 0 aliphatic heterocycles. The topological polar surface area (TPSA) is 54.0 Å². The molecule has 2 rings (SSSR count). The maximum Gasteiger partial charge on any atom is 0.221 e. The lowest BCUT2D eigenvalue weighted by molar-refractivity contribution is -0.121. The highest BCUT2D eigenvalue weighted by Gasteiger charge is 2.05. The van der Waals surface area contributed by atoms with Gasteiger partial charge in [-0.25, -0.2) is 0 Å². The Bertz CT molecular complexity index is 592. The Kier molecular flexibility index (Phi) is 5.69. The Morgan fingerprint density at radius 1 is 1.29 bits per heavy atom. The van der Waals surface area contributed by atoms with Crippen LogP contribution >= 0.6 is 0 Å². The molecule has 4 nitrogen and oxygen atoms in total. The average molecular weight is 285 g/mol. The van der Waals surface area contributed by atoms with Crippen molar-refractivity contribution in [2.75, 3.05) is 6.54 Å². The van der Waals surface area contributed by atoms with Crippen molar-refractivity contribution in [2.45, 2.75) is 39.3 Å². The van der Waals surface area contributed by atoms with Crippen molar-refractivity contribution in [3.63, 3.8) is 0 Å². The monoisotopic (exact) mass is 285 g/mol. The fraction of sp³-hybridized carbons (Fsp3) is 0.412. The number of nitrogens with one attached hydrogen (secondary N) is 2. The number of hydrogen-bond acceptors (Lipinski definition) is 3. The van der Waals surface area contributed by atoms with Crippen LogP contribution in [0.3, 0.4) is 0 Å². The van der Waals surface area contributed by atoms with Gasteiger partial charge in [-0.2, -0.15) is 0 Å². The largest absolute Gasteiger partial charge is 0.354 e. The first-order chi connectivity index (χ1) is 10.2. The fourth-order valence-electron chi connectivity index (χ4n) is 2.18. The Hall–Kier alpha value is -1.94. The molecule has 0 saturated heterocycles. The summed E-state index contributed by atoms with van der Waals surface area (Å²) < 4.78 is 0. The standard InChI is InChI=1S/C17H23N3O/c1-3-13(2)20-16(21)9-11-18-12-15-7-4-6-14-8-5-10-19-17(14)15/h4-8,10,13,18H,3,9,11-12H2,1-2H3,(H,20,21). The number of pyridine rings is 1. The van der Waals surface area contributed by atoms with Crippen molar-refractivity contribution >= 4 is 16.8 Å². The second-order valence-electron chi connectivity index (χ2n) is 5.30. The molecule has 112 valence electrons. The van der Waals surface area contributed by atoms with E-state index in [9.17, 15) is 4.79 Å². The molecule has 1 unspecified atom stereocenters. The van der Waals surface area contributed by atoms with Crippen LogP contribution in [0, 0.1) is 0 Å². The van der Waals surface area contributed by atoms with Gasteiger partial charge < -0.3 is 10.6 Å². The number of hydrogen-bond donors (Lipinski definition) is 2. The number of nitrogens with zero attached hydrogens (tertiary/aromatic N) is 1. The van der Waals surface area contributed by atoms with Gasteiger partial charge in [0.05, 0.1) is 5.52 Å². The first kappa shape index (κ1) is 15.4. The third-order valence-corrected chi connectivity index (χ3v) is 3.58. The van der Waals surface area contributed by atoms with Gasteiger partial charge in [-0.05, 0) is 25.0 Å². The number of fused-ring (bicyclic) bond motifs is 1. The molecule has 0 aliphatic rings. The molecule has 0 radical (unpaired) electrons. The molecule has 1 amide bonds. The smallest absolute Gasteiger partial charge is 0.221 e. The predicted molar refractivity (Wildman–Crippen MR) is 86.0 cm³/mol. The van der Waals surface area contributed by atoms with Crippen molar-refractivity contribution in [1.29, 1.82) is 0 Å². The highest BCUT2D eigenvalue weighted by atomic mass is 16.1. The second-order valence-corrected chi connectivity index (χ2v) is 5.30. The Morgan fingerprint density at radius 2 is 2.10 bits per heavy atom.